The van der Waals surface area contributed by atoms with E-state index in [1.165, 1.54) is 53.2 Å². The van der Waals surface area contributed by atoms with Gasteiger partial charge in [0.25, 0.3) is 10.2 Å². The first-order valence-corrected chi connectivity index (χ1v) is 15.7. The van der Waals surface area contributed by atoms with Gasteiger partial charge in [-0.05, 0) is 120 Å². The molecule has 8 heteroatoms. The quantitative estimate of drug-likeness (QED) is 0.348. The Morgan fingerprint density at radius 2 is 1.71 bits per heavy atom. The van der Waals surface area contributed by atoms with Crippen molar-refractivity contribution in [2.45, 2.75) is 84.3 Å². The molecule has 1 heterocycles. The highest BCUT2D eigenvalue weighted by Crippen LogP contribution is 2.33. The summed E-state index contributed by atoms with van der Waals surface area (Å²) in [5, 5.41) is 0. The Morgan fingerprint density at radius 1 is 1.06 bits per heavy atom. The Balaban J connectivity index is 1.39. The summed E-state index contributed by atoms with van der Waals surface area (Å²) in [6.07, 6.45) is 9.31. The highest BCUT2D eigenvalue weighted by Gasteiger charge is 2.33. The summed E-state index contributed by atoms with van der Waals surface area (Å²) in [5.41, 5.74) is 1.36. The third kappa shape index (κ3) is 8.16. The number of rotatable bonds is 11. The Hall–Kier alpha value is -0.670. The number of hydrogen-bond acceptors (Lipinski definition) is 4. The molecule has 35 heavy (non-hydrogen) atoms. The molecule has 1 aromatic carbocycles. The fourth-order valence-corrected chi connectivity index (χ4v) is 7.43. The van der Waals surface area contributed by atoms with E-state index in [1.54, 1.807) is 18.4 Å². The van der Waals surface area contributed by atoms with Crippen molar-refractivity contribution < 1.29 is 13.2 Å². The normalized spacial score (nSPS) is 22.9. The van der Waals surface area contributed by atoms with E-state index >= 15 is 0 Å². The molecule has 0 aromatic heterocycles. The van der Waals surface area contributed by atoms with Gasteiger partial charge in [-0.25, -0.2) is 0 Å². The molecular formula is C27H46BrN3O3S. The van der Waals surface area contributed by atoms with Gasteiger partial charge in [-0.1, -0.05) is 22.9 Å². The second kappa shape index (κ2) is 13.2. The summed E-state index contributed by atoms with van der Waals surface area (Å²) in [6, 6.07) is 6.52. The molecule has 6 nitrogen and oxygen atoms in total. The van der Waals surface area contributed by atoms with Gasteiger partial charge in [-0.2, -0.15) is 17.0 Å². The molecule has 1 aliphatic carbocycles. The molecule has 0 bridgehead atoms. The van der Waals surface area contributed by atoms with Gasteiger partial charge >= 0.3 is 0 Å². The van der Waals surface area contributed by atoms with Crippen LogP contribution in [0.5, 0.6) is 5.75 Å². The number of halogens is 1. The molecule has 1 saturated carbocycles. The largest absolute Gasteiger partial charge is 0.491 e. The van der Waals surface area contributed by atoms with Crippen molar-refractivity contribution in [1.29, 1.82) is 0 Å². The molecule has 2 aliphatic rings. The lowest BCUT2D eigenvalue weighted by molar-refractivity contribution is 0.155. The Bertz CT molecular complexity index is 893. The Morgan fingerprint density at radius 3 is 2.29 bits per heavy atom. The van der Waals surface area contributed by atoms with Crippen molar-refractivity contribution in [3.8, 4) is 5.75 Å². The molecule has 1 aliphatic heterocycles. The van der Waals surface area contributed by atoms with Gasteiger partial charge < -0.3 is 9.64 Å². The molecular weight excluding hydrogens is 526 g/mol. The van der Waals surface area contributed by atoms with Gasteiger partial charge in [0.15, 0.2) is 0 Å². The second-order valence-corrected chi connectivity index (χ2v) is 13.8. The fourth-order valence-electron chi connectivity index (χ4n) is 5.68. The molecule has 0 unspecified atom stereocenters. The van der Waals surface area contributed by atoms with E-state index in [2.05, 4.69) is 46.8 Å². The number of nitrogens with zero attached hydrogens (tertiary/aromatic N) is 3. The van der Waals surface area contributed by atoms with E-state index in [0.29, 0.717) is 6.54 Å². The average Bonchev–Trinajstić information content (AvgIpc) is 2.81. The van der Waals surface area contributed by atoms with E-state index < -0.39 is 10.2 Å². The fraction of sp³-hybridized carbons (Fsp3) is 0.778. The van der Waals surface area contributed by atoms with Gasteiger partial charge in [0.1, 0.15) is 5.75 Å². The summed E-state index contributed by atoms with van der Waals surface area (Å²) in [7, 11) is -0.0677. The lowest BCUT2D eigenvalue weighted by Crippen LogP contribution is -2.47. The van der Waals surface area contributed by atoms with Crippen LogP contribution in [0.2, 0.25) is 0 Å². The molecule has 0 spiro atoms. The summed E-state index contributed by atoms with van der Waals surface area (Å²) < 4.78 is 35.4. The third-order valence-corrected chi connectivity index (χ3v) is 10.6. The van der Waals surface area contributed by atoms with Crippen LogP contribution in [-0.2, 0) is 16.6 Å². The standard InChI is InChI=1S/C27H46BrN3O3S/c1-6-31(35(32,33)29(4)5)25-9-7-22(8-10-25)13-16-30-17-14-23(15-18-30)19-24-20-26(34-21(2)3)11-12-27(24)28/h11-12,20-23,25H,6-10,13-19H2,1-5H3/t22-,25-. The lowest BCUT2D eigenvalue weighted by atomic mass is 9.83. The Labute approximate surface area is 222 Å². The number of likely N-dealkylation sites (tertiary alicyclic amines) is 1. The van der Waals surface area contributed by atoms with E-state index in [1.807, 2.05) is 13.0 Å². The topological polar surface area (TPSA) is 53.1 Å². The van der Waals surface area contributed by atoms with E-state index in [0.717, 1.165) is 49.7 Å². The monoisotopic (exact) mass is 571 g/mol. The van der Waals surface area contributed by atoms with Gasteiger partial charge in [-0.15, -0.1) is 0 Å². The zero-order valence-corrected chi connectivity index (χ0v) is 24.8. The number of benzene rings is 1. The van der Waals surface area contributed by atoms with Crippen molar-refractivity contribution in [3.05, 3.63) is 28.2 Å². The molecule has 0 atom stereocenters. The molecule has 3 rings (SSSR count). The lowest BCUT2D eigenvalue weighted by Gasteiger charge is -2.38. The summed E-state index contributed by atoms with van der Waals surface area (Å²) in [6.45, 7) is 10.2. The highest BCUT2D eigenvalue weighted by molar-refractivity contribution is 9.10. The van der Waals surface area contributed by atoms with Gasteiger partial charge in [0.2, 0.25) is 0 Å². The average molecular weight is 573 g/mol. The first kappa shape index (κ1) is 28.9. The van der Waals surface area contributed by atoms with Crippen LogP contribution in [0.1, 0.15) is 71.3 Å². The van der Waals surface area contributed by atoms with Crippen LogP contribution < -0.4 is 4.74 Å². The zero-order chi connectivity index (χ0) is 25.6. The first-order valence-electron chi connectivity index (χ1n) is 13.5. The molecule has 0 N–H and O–H groups in total. The van der Waals surface area contributed by atoms with Crippen molar-refractivity contribution in [2.24, 2.45) is 11.8 Å². The van der Waals surface area contributed by atoms with Crippen LogP contribution in [0.4, 0.5) is 0 Å². The first-order chi connectivity index (χ1) is 16.6. The number of piperidine rings is 1. The van der Waals surface area contributed by atoms with Gasteiger partial charge in [-0.3, -0.25) is 0 Å². The molecule has 200 valence electrons. The van der Waals surface area contributed by atoms with Crippen molar-refractivity contribution in [2.75, 3.05) is 40.3 Å². The maximum atomic E-state index is 12.6. The second-order valence-electron chi connectivity index (χ2n) is 10.9. The maximum absolute atomic E-state index is 12.6. The minimum absolute atomic E-state index is 0.156. The minimum Gasteiger partial charge on any atom is -0.491 e. The molecule has 1 saturated heterocycles. The van der Waals surface area contributed by atoms with Crippen molar-refractivity contribution in [3.63, 3.8) is 0 Å². The predicted octanol–water partition coefficient (Wildman–Crippen LogP) is 5.57. The summed E-state index contributed by atoms with van der Waals surface area (Å²) in [5.74, 6) is 2.42. The minimum atomic E-state index is -3.33. The van der Waals surface area contributed by atoms with Crippen LogP contribution in [0.25, 0.3) is 0 Å². The van der Waals surface area contributed by atoms with Crippen LogP contribution in [0.3, 0.4) is 0 Å². The SMILES string of the molecule is CCN([C@H]1CC[C@H](CCN2CCC(Cc3cc(OC(C)C)ccc3Br)CC2)CC1)S(=O)(=O)N(C)C. The zero-order valence-electron chi connectivity index (χ0n) is 22.4. The van der Waals surface area contributed by atoms with Crippen molar-refractivity contribution in [1.82, 2.24) is 13.5 Å². The number of ether oxygens (including phenoxy) is 1. The van der Waals surface area contributed by atoms with Crippen LogP contribution >= 0.6 is 15.9 Å². The molecule has 2 fully saturated rings. The van der Waals surface area contributed by atoms with Gasteiger partial charge in [0.05, 0.1) is 6.10 Å². The number of hydrogen-bond donors (Lipinski definition) is 0. The van der Waals surface area contributed by atoms with Crippen molar-refractivity contribution >= 4 is 26.1 Å². The smallest absolute Gasteiger partial charge is 0.281 e. The van der Waals surface area contributed by atoms with Crippen LogP contribution in [0.15, 0.2) is 22.7 Å². The summed E-state index contributed by atoms with van der Waals surface area (Å²) in [4.78, 5) is 2.64. The predicted molar refractivity (Wildman–Crippen MR) is 148 cm³/mol. The van der Waals surface area contributed by atoms with Gasteiger partial charge in [0, 0.05) is 31.2 Å². The maximum Gasteiger partial charge on any atom is 0.281 e. The summed E-state index contributed by atoms with van der Waals surface area (Å²) >= 11 is 3.73. The molecule has 1 aromatic rings. The molecule has 0 radical (unpaired) electrons. The third-order valence-electron chi connectivity index (χ3n) is 7.75. The van der Waals surface area contributed by atoms with E-state index in [4.69, 9.17) is 4.74 Å². The van der Waals surface area contributed by atoms with E-state index in [9.17, 15) is 8.42 Å². The van der Waals surface area contributed by atoms with Crippen LogP contribution in [-0.4, -0.2) is 74.3 Å². The Kier molecular flexibility index (Phi) is 10.9. The molecule has 0 amide bonds. The van der Waals surface area contributed by atoms with E-state index in [-0.39, 0.29) is 12.1 Å². The highest BCUT2D eigenvalue weighted by atomic mass is 79.9. The van der Waals surface area contributed by atoms with Crippen LogP contribution in [0, 0.1) is 11.8 Å².